The van der Waals surface area contributed by atoms with Crippen LogP contribution in [0.2, 0.25) is 0 Å². The van der Waals surface area contributed by atoms with Gasteiger partial charge in [-0.25, -0.2) is 0 Å². The summed E-state index contributed by atoms with van der Waals surface area (Å²) in [6, 6.07) is 0. The van der Waals surface area contributed by atoms with E-state index in [4.69, 9.17) is 0 Å². The van der Waals surface area contributed by atoms with Crippen molar-refractivity contribution in [1.82, 2.24) is 15.0 Å². The average molecular weight is 244 g/mol. The van der Waals surface area contributed by atoms with Gasteiger partial charge in [0.1, 0.15) is 0 Å². The molecule has 0 amide bonds. The van der Waals surface area contributed by atoms with Crippen molar-refractivity contribution in [1.29, 1.82) is 0 Å². The van der Waals surface area contributed by atoms with Gasteiger partial charge in [0.05, 0.1) is 5.69 Å². The molecule has 1 aliphatic carbocycles. The first-order chi connectivity index (χ1) is 6.24. The van der Waals surface area contributed by atoms with Gasteiger partial charge in [-0.3, -0.25) is 4.68 Å². The topological polar surface area (TPSA) is 30.7 Å². The van der Waals surface area contributed by atoms with Crippen LogP contribution < -0.4 is 0 Å². The Morgan fingerprint density at radius 1 is 1.69 bits per heavy atom. The van der Waals surface area contributed by atoms with Crippen LogP contribution in [0.4, 0.5) is 0 Å². The van der Waals surface area contributed by atoms with Crippen LogP contribution in [0, 0.1) is 5.92 Å². The number of hydrogen-bond donors (Lipinski definition) is 0. The van der Waals surface area contributed by atoms with E-state index < -0.39 is 0 Å². The first-order valence-corrected chi connectivity index (χ1v) is 5.68. The van der Waals surface area contributed by atoms with Crippen LogP contribution >= 0.6 is 15.9 Å². The Balaban J connectivity index is 1.91. The predicted octanol–water partition coefficient (Wildman–Crippen LogP) is 2.01. The van der Waals surface area contributed by atoms with Gasteiger partial charge in [-0.2, -0.15) is 0 Å². The SMILES string of the molecule is CC(Br)Cc1cn(CC2CC2)nn1. The molecule has 1 unspecified atom stereocenters. The maximum Gasteiger partial charge on any atom is 0.0838 e. The summed E-state index contributed by atoms with van der Waals surface area (Å²) in [4.78, 5) is 0.485. The molecule has 1 aromatic rings. The highest BCUT2D eigenvalue weighted by atomic mass is 79.9. The molecule has 0 saturated heterocycles. The van der Waals surface area contributed by atoms with E-state index in [0.29, 0.717) is 4.83 Å². The number of hydrogen-bond acceptors (Lipinski definition) is 2. The highest BCUT2D eigenvalue weighted by molar-refractivity contribution is 9.09. The lowest BCUT2D eigenvalue weighted by molar-refractivity contribution is 0.544. The molecule has 13 heavy (non-hydrogen) atoms. The minimum absolute atomic E-state index is 0.485. The molecule has 1 fully saturated rings. The van der Waals surface area contributed by atoms with E-state index in [-0.39, 0.29) is 0 Å². The van der Waals surface area contributed by atoms with Crippen molar-refractivity contribution in [2.75, 3.05) is 0 Å². The third kappa shape index (κ3) is 2.79. The summed E-state index contributed by atoms with van der Waals surface area (Å²) in [7, 11) is 0. The summed E-state index contributed by atoms with van der Waals surface area (Å²) in [5, 5.41) is 8.22. The van der Waals surface area contributed by atoms with Crippen molar-refractivity contribution in [3.8, 4) is 0 Å². The molecule has 0 N–H and O–H groups in total. The fourth-order valence-electron chi connectivity index (χ4n) is 1.37. The van der Waals surface area contributed by atoms with Gasteiger partial charge in [0, 0.05) is 24.0 Å². The van der Waals surface area contributed by atoms with Gasteiger partial charge in [0.25, 0.3) is 0 Å². The number of nitrogens with zero attached hydrogens (tertiary/aromatic N) is 3. The van der Waals surface area contributed by atoms with Crippen molar-refractivity contribution >= 4 is 15.9 Å². The normalized spacial score (nSPS) is 18.9. The average Bonchev–Trinajstić information content (AvgIpc) is 2.73. The molecule has 4 heteroatoms. The first-order valence-electron chi connectivity index (χ1n) is 4.77. The Morgan fingerprint density at radius 2 is 2.46 bits per heavy atom. The molecule has 0 bridgehead atoms. The van der Waals surface area contributed by atoms with Crippen molar-refractivity contribution in [2.45, 2.75) is 37.6 Å². The molecule has 1 aliphatic rings. The van der Waals surface area contributed by atoms with Crippen LogP contribution in [-0.2, 0) is 13.0 Å². The summed E-state index contributed by atoms with van der Waals surface area (Å²) in [5.41, 5.74) is 1.09. The van der Waals surface area contributed by atoms with Crippen molar-refractivity contribution < 1.29 is 0 Å². The van der Waals surface area contributed by atoms with Crippen LogP contribution in [0.15, 0.2) is 6.20 Å². The zero-order valence-electron chi connectivity index (χ0n) is 7.78. The Bertz CT molecular complexity index is 260. The largest absolute Gasteiger partial charge is 0.252 e. The highest BCUT2D eigenvalue weighted by Crippen LogP contribution is 2.30. The van der Waals surface area contributed by atoms with Gasteiger partial charge in [0.15, 0.2) is 0 Å². The van der Waals surface area contributed by atoms with Gasteiger partial charge >= 0.3 is 0 Å². The Kier molecular flexibility index (Phi) is 2.67. The van der Waals surface area contributed by atoms with E-state index in [2.05, 4.69) is 39.4 Å². The molecule has 1 saturated carbocycles. The second-order valence-corrected chi connectivity index (χ2v) is 5.42. The van der Waals surface area contributed by atoms with Gasteiger partial charge in [-0.1, -0.05) is 28.1 Å². The Morgan fingerprint density at radius 3 is 3.08 bits per heavy atom. The van der Waals surface area contributed by atoms with Crippen LogP contribution in [0.1, 0.15) is 25.5 Å². The second kappa shape index (κ2) is 3.78. The van der Waals surface area contributed by atoms with Gasteiger partial charge in [0.2, 0.25) is 0 Å². The van der Waals surface area contributed by atoms with E-state index in [1.165, 1.54) is 12.8 Å². The summed E-state index contributed by atoms with van der Waals surface area (Å²) >= 11 is 3.51. The predicted molar refractivity (Wildman–Crippen MR) is 54.8 cm³/mol. The molecular weight excluding hydrogens is 230 g/mol. The zero-order chi connectivity index (χ0) is 9.26. The molecule has 0 aromatic carbocycles. The molecule has 1 heterocycles. The lowest BCUT2D eigenvalue weighted by Crippen LogP contribution is -2.00. The summed E-state index contributed by atoms with van der Waals surface area (Å²) in [6.45, 7) is 3.18. The molecule has 3 nitrogen and oxygen atoms in total. The lowest BCUT2D eigenvalue weighted by Gasteiger charge is -1.96. The van der Waals surface area contributed by atoms with Gasteiger partial charge < -0.3 is 0 Å². The molecule has 1 aromatic heterocycles. The Hall–Kier alpha value is -0.380. The smallest absolute Gasteiger partial charge is 0.0838 e. The molecule has 1 atom stereocenters. The Labute approximate surface area is 86.6 Å². The number of rotatable bonds is 4. The van der Waals surface area contributed by atoms with Gasteiger partial charge in [-0.15, -0.1) is 5.10 Å². The van der Waals surface area contributed by atoms with E-state index in [1.807, 2.05) is 4.68 Å². The molecule has 0 spiro atoms. The van der Waals surface area contributed by atoms with Crippen molar-refractivity contribution in [3.63, 3.8) is 0 Å². The van der Waals surface area contributed by atoms with E-state index in [9.17, 15) is 0 Å². The van der Waals surface area contributed by atoms with E-state index in [0.717, 1.165) is 24.6 Å². The fourth-order valence-corrected chi connectivity index (χ4v) is 1.71. The van der Waals surface area contributed by atoms with E-state index >= 15 is 0 Å². The molecule has 0 radical (unpaired) electrons. The maximum absolute atomic E-state index is 4.12. The lowest BCUT2D eigenvalue weighted by atomic mass is 10.3. The molecule has 0 aliphatic heterocycles. The summed E-state index contributed by atoms with van der Waals surface area (Å²) in [5.74, 6) is 0.871. The monoisotopic (exact) mass is 243 g/mol. The molecular formula is C9H14BrN3. The number of alkyl halides is 1. The van der Waals surface area contributed by atoms with Crippen LogP contribution in [0.3, 0.4) is 0 Å². The number of aromatic nitrogens is 3. The van der Waals surface area contributed by atoms with Crippen LogP contribution in [-0.4, -0.2) is 19.8 Å². The maximum atomic E-state index is 4.12. The highest BCUT2D eigenvalue weighted by Gasteiger charge is 2.22. The van der Waals surface area contributed by atoms with Crippen molar-refractivity contribution in [2.24, 2.45) is 5.92 Å². The standard InChI is InChI=1S/C9H14BrN3/c1-7(10)4-9-6-13(12-11-9)5-8-2-3-8/h6-8H,2-5H2,1H3. The first kappa shape index (κ1) is 9.19. The second-order valence-electron chi connectivity index (χ2n) is 3.86. The van der Waals surface area contributed by atoms with Crippen molar-refractivity contribution in [3.05, 3.63) is 11.9 Å². The van der Waals surface area contributed by atoms with Crippen LogP contribution in [0.25, 0.3) is 0 Å². The molecule has 72 valence electrons. The van der Waals surface area contributed by atoms with E-state index in [1.54, 1.807) is 0 Å². The minimum Gasteiger partial charge on any atom is -0.252 e. The zero-order valence-corrected chi connectivity index (χ0v) is 9.37. The summed E-state index contributed by atoms with van der Waals surface area (Å²) in [6.07, 6.45) is 5.76. The van der Waals surface area contributed by atoms with Crippen LogP contribution in [0.5, 0.6) is 0 Å². The van der Waals surface area contributed by atoms with Gasteiger partial charge in [-0.05, 0) is 18.8 Å². The summed E-state index contributed by atoms with van der Waals surface area (Å²) < 4.78 is 1.97. The quantitative estimate of drug-likeness (QED) is 0.758. The molecule has 2 rings (SSSR count). The minimum atomic E-state index is 0.485. The third-order valence-electron chi connectivity index (χ3n) is 2.22. The third-order valence-corrected chi connectivity index (χ3v) is 2.54. The number of halogens is 1. The fraction of sp³-hybridized carbons (Fsp3) is 0.778.